The Balaban J connectivity index is 1.91. The molecular formula is C21H31NO4. The lowest BCUT2D eigenvalue weighted by Crippen LogP contribution is -2.37. The number of hydrogen-bond donors (Lipinski definition) is 0. The Morgan fingerprint density at radius 3 is 2.19 bits per heavy atom. The van der Waals surface area contributed by atoms with Gasteiger partial charge in [0.25, 0.3) is 0 Å². The number of esters is 1. The van der Waals surface area contributed by atoms with Gasteiger partial charge >= 0.3 is 12.1 Å². The number of rotatable bonds is 8. The van der Waals surface area contributed by atoms with Gasteiger partial charge in [0.15, 0.2) is 0 Å². The molecule has 0 N–H and O–H groups in total. The largest absolute Gasteiger partial charge is 0.455 e. The molecule has 26 heavy (non-hydrogen) atoms. The van der Waals surface area contributed by atoms with Crippen molar-refractivity contribution in [3.8, 4) is 0 Å². The van der Waals surface area contributed by atoms with Gasteiger partial charge in [0.1, 0.15) is 12.2 Å². The fraction of sp³-hybridized carbons (Fsp3) is 0.619. The minimum atomic E-state index is -0.359. The first-order chi connectivity index (χ1) is 12.6. The zero-order valence-corrected chi connectivity index (χ0v) is 16.2. The molecule has 2 rings (SSSR count). The first kappa shape index (κ1) is 20.3. The quantitative estimate of drug-likeness (QED) is 0.636. The number of nitrogens with zero attached hydrogens (tertiary/aromatic N) is 1. The maximum atomic E-state index is 12.4. The van der Waals surface area contributed by atoms with Gasteiger partial charge in [-0.2, -0.15) is 0 Å². The van der Waals surface area contributed by atoms with Crippen LogP contribution in [0, 0.1) is 0 Å². The number of hydrogen-bond acceptors (Lipinski definition) is 4. The Morgan fingerprint density at radius 2 is 1.62 bits per heavy atom. The molecule has 2 unspecified atom stereocenters. The van der Waals surface area contributed by atoms with Gasteiger partial charge in [-0.1, -0.05) is 25.5 Å². The van der Waals surface area contributed by atoms with Crippen molar-refractivity contribution in [1.82, 2.24) is 4.90 Å². The molecule has 1 aliphatic rings. The Kier molecular flexibility index (Phi) is 7.95. The second-order valence-electron chi connectivity index (χ2n) is 6.77. The van der Waals surface area contributed by atoms with Crippen molar-refractivity contribution in [2.45, 2.75) is 71.5 Å². The molecule has 1 fully saturated rings. The van der Waals surface area contributed by atoms with Gasteiger partial charge in [-0.3, -0.25) is 0 Å². The average Bonchev–Trinajstić information content (AvgIpc) is 3.08. The van der Waals surface area contributed by atoms with Crippen LogP contribution in [0.2, 0.25) is 0 Å². The van der Waals surface area contributed by atoms with Crippen LogP contribution >= 0.6 is 0 Å². The van der Waals surface area contributed by atoms with Crippen LogP contribution in [0.3, 0.4) is 0 Å². The summed E-state index contributed by atoms with van der Waals surface area (Å²) >= 11 is 0. The number of carbonyl (C=O) groups is 2. The number of amides is 1. The third-order valence-electron chi connectivity index (χ3n) is 4.93. The molecule has 1 saturated carbocycles. The lowest BCUT2D eigenvalue weighted by molar-refractivity contribution is -0.0196. The third kappa shape index (κ3) is 5.48. The highest BCUT2D eigenvalue weighted by Crippen LogP contribution is 2.26. The molecule has 0 aliphatic heterocycles. The number of benzene rings is 1. The van der Waals surface area contributed by atoms with Crippen molar-refractivity contribution in [3.05, 3.63) is 35.4 Å². The Labute approximate surface area is 156 Å². The number of ether oxygens (including phenoxy) is 2. The SMILES string of the molecule is CCCCc1ccc(C(=O)OC2CCCC2OC(=O)N(CC)CC)cc1. The molecule has 5 nitrogen and oxygen atoms in total. The smallest absolute Gasteiger partial charge is 0.410 e. The molecule has 0 radical (unpaired) electrons. The van der Waals surface area contributed by atoms with E-state index in [-0.39, 0.29) is 24.3 Å². The van der Waals surface area contributed by atoms with Gasteiger partial charge in [-0.05, 0) is 63.6 Å². The Morgan fingerprint density at radius 1 is 1.00 bits per heavy atom. The van der Waals surface area contributed by atoms with Gasteiger partial charge in [-0.25, -0.2) is 9.59 Å². The van der Waals surface area contributed by atoms with Crippen LogP contribution in [0.1, 0.15) is 68.8 Å². The van der Waals surface area contributed by atoms with Crippen molar-refractivity contribution >= 4 is 12.1 Å². The topological polar surface area (TPSA) is 55.8 Å². The van der Waals surface area contributed by atoms with Crippen LogP contribution in [0.4, 0.5) is 4.79 Å². The summed E-state index contributed by atoms with van der Waals surface area (Å²) in [5.41, 5.74) is 1.78. The highest BCUT2D eigenvalue weighted by Gasteiger charge is 2.34. The van der Waals surface area contributed by atoms with E-state index in [1.54, 1.807) is 4.90 Å². The molecule has 0 heterocycles. The second-order valence-corrected chi connectivity index (χ2v) is 6.77. The molecule has 2 atom stereocenters. The van der Waals surface area contributed by atoms with E-state index < -0.39 is 0 Å². The van der Waals surface area contributed by atoms with Gasteiger partial charge in [0.05, 0.1) is 5.56 Å². The van der Waals surface area contributed by atoms with Crippen molar-refractivity contribution in [2.24, 2.45) is 0 Å². The first-order valence-electron chi connectivity index (χ1n) is 9.84. The van der Waals surface area contributed by atoms with Crippen LogP contribution in [0.15, 0.2) is 24.3 Å². The fourth-order valence-corrected chi connectivity index (χ4v) is 3.24. The van der Waals surface area contributed by atoms with E-state index >= 15 is 0 Å². The van der Waals surface area contributed by atoms with E-state index in [4.69, 9.17) is 9.47 Å². The molecule has 0 bridgehead atoms. The molecule has 0 spiro atoms. The van der Waals surface area contributed by atoms with Gasteiger partial charge in [-0.15, -0.1) is 0 Å². The van der Waals surface area contributed by atoms with E-state index in [1.165, 1.54) is 5.56 Å². The minimum absolute atomic E-state index is 0.330. The highest BCUT2D eigenvalue weighted by molar-refractivity contribution is 5.89. The molecule has 1 aliphatic carbocycles. The third-order valence-corrected chi connectivity index (χ3v) is 4.93. The van der Waals surface area contributed by atoms with Crippen molar-refractivity contribution in [1.29, 1.82) is 0 Å². The van der Waals surface area contributed by atoms with Crippen LogP contribution in [-0.4, -0.2) is 42.3 Å². The normalized spacial score (nSPS) is 19.2. The molecule has 144 valence electrons. The van der Waals surface area contributed by atoms with Crippen LogP contribution in [0.25, 0.3) is 0 Å². The van der Waals surface area contributed by atoms with E-state index in [1.807, 2.05) is 38.1 Å². The molecule has 5 heteroatoms. The predicted molar refractivity (Wildman–Crippen MR) is 101 cm³/mol. The summed E-state index contributed by atoms with van der Waals surface area (Å²) in [6.07, 6.45) is 4.64. The van der Waals surface area contributed by atoms with E-state index in [9.17, 15) is 9.59 Å². The van der Waals surface area contributed by atoms with Gasteiger partial charge in [0.2, 0.25) is 0 Å². The van der Waals surface area contributed by atoms with E-state index in [0.717, 1.165) is 38.5 Å². The van der Waals surface area contributed by atoms with Gasteiger partial charge in [0, 0.05) is 13.1 Å². The predicted octanol–water partition coefficient (Wildman–Crippen LogP) is 4.59. The van der Waals surface area contributed by atoms with Crippen molar-refractivity contribution in [2.75, 3.05) is 13.1 Å². The minimum Gasteiger partial charge on any atom is -0.455 e. The zero-order chi connectivity index (χ0) is 18.9. The van der Waals surface area contributed by atoms with E-state index in [2.05, 4.69) is 6.92 Å². The summed E-state index contributed by atoms with van der Waals surface area (Å²) < 4.78 is 11.2. The maximum absolute atomic E-state index is 12.4. The monoisotopic (exact) mass is 361 g/mol. The van der Waals surface area contributed by atoms with Crippen LogP contribution < -0.4 is 0 Å². The highest BCUT2D eigenvalue weighted by atomic mass is 16.6. The summed E-state index contributed by atoms with van der Waals surface area (Å²) in [6.45, 7) is 7.22. The standard InChI is InChI=1S/C21H31NO4/c1-4-7-9-16-12-14-17(15-13-16)20(23)25-18-10-8-11-19(18)26-21(24)22(5-2)6-3/h12-15,18-19H,4-11H2,1-3H3. The Hall–Kier alpha value is -2.04. The molecule has 1 aromatic rings. The summed E-state index contributed by atoms with van der Waals surface area (Å²) in [5, 5.41) is 0. The molecule has 1 aromatic carbocycles. The molecular weight excluding hydrogens is 330 g/mol. The Bertz CT molecular complexity index is 580. The first-order valence-corrected chi connectivity index (χ1v) is 9.84. The lowest BCUT2D eigenvalue weighted by Gasteiger charge is -2.24. The van der Waals surface area contributed by atoms with Gasteiger partial charge < -0.3 is 14.4 Å². The maximum Gasteiger partial charge on any atom is 0.410 e. The summed E-state index contributed by atoms with van der Waals surface area (Å²) in [5.74, 6) is -0.345. The summed E-state index contributed by atoms with van der Waals surface area (Å²) in [4.78, 5) is 26.2. The second kappa shape index (κ2) is 10.2. The number of unbranched alkanes of at least 4 members (excludes halogenated alkanes) is 1. The van der Waals surface area contributed by atoms with Crippen molar-refractivity contribution < 1.29 is 19.1 Å². The molecule has 1 amide bonds. The molecule has 0 saturated heterocycles. The molecule has 0 aromatic heterocycles. The van der Waals surface area contributed by atoms with Crippen molar-refractivity contribution in [3.63, 3.8) is 0 Å². The van der Waals surface area contributed by atoms with Crippen LogP contribution in [0.5, 0.6) is 0 Å². The lowest BCUT2D eigenvalue weighted by atomic mass is 10.1. The summed E-state index contributed by atoms with van der Waals surface area (Å²) in [7, 11) is 0. The average molecular weight is 361 g/mol. The number of aryl methyl sites for hydroxylation is 1. The zero-order valence-electron chi connectivity index (χ0n) is 16.2. The van der Waals surface area contributed by atoms with E-state index in [0.29, 0.717) is 18.7 Å². The fourth-order valence-electron chi connectivity index (χ4n) is 3.24. The number of carbonyl (C=O) groups excluding carboxylic acids is 2. The van der Waals surface area contributed by atoms with Crippen LogP contribution in [-0.2, 0) is 15.9 Å². The summed E-state index contributed by atoms with van der Waals surface area (Å²) in [6, 6.07) is 7.61.